The average molecular weight is 647 g/mol. The first-order valence-corrected chi connectivity index (χ1v) is 16.3. The molecule has 234 valence electrons. The van der Waals surface area contributed by atoms with Gasteiger partial charge in [0.25, 0.3) is 0 Å². The minimum atomic E-state index is -4.14. The molecule has 0 spiro atoms. The van der Waals surface area contributed by atoms with Gasteiger partial charge < -0.3 is 14.8 Å². The van der Waals surface area contributed by atoms with Gasteiger partial charge in [0.1, 0.15) is 11.5 Å². The van der Waals surface area contributed by atoms with Crippen molar-refractivity contribution in [1.29, 1.82) is 0 Å². The number of anilines is 1. The van der Waals surface area contributed by atoms with Gasteiger partial charge in [0, 0.05) is 35.7 Å². The van der Waals surface area contributed by atoms with Crippen LogP contribution in [0.2, 0.25) is 5.02 Å². The maximum atomic E-state index is 14.7. The van der Waals surface area contributed by atoms with Crippen LogP contribution in [-0.4, -0.2) is 42.6 Å². The van der Waals surface area contributed by atoms with Crippen molar-refractivity contribution in [3.63, 3.8) is 0 Å². The number of ether oxygens (including phenoxy) is 2. The monoisotopic (exact) mass is 646 g/mol. The van der Waals surface area contributed by atoms with Crippen LogP contribution in [-0.2, 0) is 40.9 Å². The average Bonchev–Trinajstić information content (AvgIpc) is 3.44. The van der Waals surface area contributed by atoms with E-state index in [1.165, 1.54) is 10.4 Å². The lowest BCUT2D eigenvalue weighted by Gasteiger charge is -2.24. The van der Waals surface area contributed by atoms with Gasteiger partial charge in [-0.3, -0.25) is 9.48 Å². The number of methoxy groups -OCH3 is 2. The summed E-state index contributed by atoms with van der Waals surface area (Å²) >= 11 is 6.29. The van der Waals surface area contributed by atoms with Crippen LogP contribution in [0, 0.1) is 0 Å². The van der Waals surface area contributed by atoms with Crippen molar-refractivity contribution in [3.05, 3.63) is 113 Å². The zero-order valence-electron chi connectivity index (χ0n) is 25.4. The fourth-order valence-corrected chi connectivity index (χ4v) is 6.90. The molecule has 9 nitrogen and oxygen atoms in total. The predicted molar refractivity (Wildman–Crippen MR) is 176 cm³/mol. The number of hydrogen-bond donors (Lipinski definition) is 1. The van der Waals surface area contributed by atoms with E-state index in [0.29, 0.717) is 45.2 Å². The van der Waals surface area contributed by atoms with Gasteiger partial charge in [-0.15, -0.1) is 0 Å². The van der Waals surface area contributed by atoms with Crippen molar-refractivity contribution < 1.29 is 22.7 Å². The summed E-state index contributed by atoms with van der Waals surface area (Å²) in [5, 5.41) is 8.36. The lowest BCUT2D eigenvalue weighted by Crippen LogP contribution is -2.30. The van der Waals surface area contributed by atoms with Gasteiger partial charge in [-0.25, -0.2) is 8.42 Å². The SMILES string of the molecule is CCCn1ncc2c(S(=O)(=O)N(Cc3ccc(OC)cc3)Cc3ccc(OC)cc3)cc(NC(=O)Cc3ccccc3Cl)cc21. The standard InChI is InChI=1S/C34H35ClN4O5S/c1-4-17-39-32-19-27(37-34(40)18-26-7-5-6-8-31(26)35)20-33(30(32)21-36-39)45(41,42)38(22-24-9-13-28(43-2)14-10-24)23-25-11-15-29(44-3)16-12-25/h5-16,19-21H,4,17-18,22-23H2,1-3H3,(H,37,40). The minimum absolute atomic E-state index is 0.0368. The Hall–Kier alpha value is -4.38. The Morgan fingerprint density at radius 2 is 1.51 bits per heavy atom. The number of halogens is 1. The van der Waals surface area contributed by atoms with Gasteiger partial charge in [-0.2, -0.15) is 9.40 Å². The Bertz CT molecular complexity index is 1840. The van der Waals surface area contributed by atoms with E-state index in [1.54, 1.807) is 73.6 Å². The summed E-state index contributed by atoms with van der Waals surface area (Å²) in [7, 11) is -0.970. The lowest BCUT2D eigenvalue weighted by molar-refractivity contribution is -0.115. The fraction of sp³-hybridized carbons (Fsp3) is 0.235. The largest absolute Gasteiger partial charge is 0.497 e. The van der Waals surface area contributed by atoms with E-state index in [0.717, 1.165) is 17.5 Å². The Labute approximate surface area is 268 Å². The highest BCUT2D eigenvalue weighted by Gasteiger charge is 2.29. The highest BCUT2D eigenvalue weighted by atomic mass is 35.5. The molecular formula is C34H35ClN4O5S. The van der Waals surface area contributed by atoms with Crippen LogP contribution in [0.5, 0.6) is 11.5 Å². The molecule has 0 saturated heterocycles. The third-order valence-corrected chi connectivity index (χ3v) is 9.61. The van der Waals surface area contributed by atoms with Crippen LogP contribution < -0.4 is 14.8 Å². The van der Waals surface area contributed by atoms with Gasteiger partial charge in [-0.1, -0.05) is 61.0 Å². The van der Waals surface area contributed by atoms with E-state index in [-0.39, 0.29) is 30.3 Å². The van der Waals surface area contributed by atoms with Gasteiger partial charge in [0.15, 0.2) is 0 Å². The minimum Gasteiger partial charge on any atom is -0.497 e. The number of carbonyl (C=O) groups is 1. The van der Waals surface area contributed by atoms with Crippen LogP contribution in [0.15, 0.2) is 96.0 Å². The number of rotatable bonds is 13. The molecule has 1 aromatic heterocycles. The Morgan fingerprint density at radius 1 is 0.911 bits per heavy atom. The number of benzene rings is 4. The molecule has 5 aromatic rings. The molecule has 0 aliphatic heterocycles. The summed E-state index contributed by atoms with van der Waals surface area (Å²) in [4.78, 5) is 13.2. The second kappa shape index (κ2) is 14.2. The number of hydrogen-bond acceptors (Lipinski definition) is 6. The zero-order chi connectivity index (χ0) is 32.0. The molecule has 0 radical (unpaired) electrons. The number of aryl methyl sites for hydroxylation is 1. The molecule has 0 fully saturated rings. The van der Waals surface area contributed by atoms with E-state index in [1.807, 2.05) is 37.3 Å². The normalized spacial score (nSPS) is 11.6. The first-order chi connectivity index (χ1) is 21.7. The molecule has 0 bridgehead atoms. The molecule has 1 N–H and O–H groups in total. The quantitative estimate of drug-likeness (QED) is 0.153. The molecule has 1 amide bonds. The molecule has 0 saturated carbocycles. The molecule has 4 aromatic carbocycles. The molecule has 5 rings (SSSR count). The maximum Gasteiger partial charge on any atom is 0.244 e. The summed E-state index contributed by atoms with van der Waals surface area (Å²) in [5.74, 6) is 1.03. The molecular weight excluding hydrogens is 612 g/mol. The first-order valence-electron chi connectivity index (χ1n) is 14.5. The van der Waals surface area contributed by atoms with Crippen LogP contribution in [0.4, 0.5) is 5.69 Å². The number of sulfonamides is 1. The molecule has 11 heteroatoms. The highest BCUT2D eigenvalue weighted by molar-refractivity contribution is 7.89. The smallest absolute Gasteiger partial charge is 0.244 e. The van der Waals surface area contributed by atoms with E-state index in [4.69, 9.17) is 21.1 Å². The van der Waals surface area contributed by atoms with Crippen LogP contribution in [0.3, 0.4) is 0 Å². The third kappa shape index (κ3) is 7.47. The maximum absolute atomic E-state index is 14.7. The number of fused-ring (bicyclic) bond motifs is 1. The van der Waals surface area contributed by atoms with Crippen molar-refractivity contribution in [1.82, 2.24) is 14.1 Å². The third-order valence-electron chi connectivity index (χ3n) is 7.41. The van der Waals surface area contributed by atoms with Gasteiger partial charge in [0.05, 0.1) is 37.2 Å². The molecule has 45 heavy (non-hydrogen) atoms. The highest BCUT2D eigenvalue weighted by Crippen LogP contribution is 2.32. The Balaban J connectivity index is 1.56. The lowest BCUT2D eigenvalue weighted by atomic mass is 10.1. The van der Waals surface area contributed by atoms with Crippen LogP contribution in [0.1, 0.15) is 30.0 Å². The second-order valence-corrected chi connectivity index (χ2v) is 12.9. The van der Waals surface area contributed by atoms with Crippen molar-refractivity contribution in [2.75, 3.05) is 19.5 Å². The summed E-state index contributed by atoms with van der Waals surface area (Å²) < 4.78 is 43.1. The summed E-state index contributed by atoms with van der Waals surface area (Å²) in [6, 6.07) is 25.0. The zero-order valence-corrected chi connectivity index (χ0v) is 26.9. The van der Waals surface area contributed by atoms with E-state index in [2.05, 4.69) is 10.4 Å². The predicted octanol–water partition coefficient (Wildman–Crippen LogP) is 6.69. The van der Waals surface area contributed by atoms with Crippen LogP contribution in [0.25, 0.3) is 10.9 Å². The Kier molecular flexibility index (Phi) is 10.1. The number of nitrogens with zero attached hydrogens (tertiary/aromatic N) is 3. The van der Waals surface area contributed by atoms with E-state index >= 15 is 0 Å². The molecule has 1 heterocycles. The number of carbonyl (C=O) groups excluding carboxylic acids is 1. The number of amides is 1. The summed E-state index contributed by atoms with van der Waals surface area (Å²) in [6.45, 7) is 2.81. The second-order valence-electron chi connectivity index (χ2n) is 10.6. The Morgan fingerprint density at radius 3 is 2.07 bits per heavy atom. The molecule has 0 atom stereocenters. The molecule has 0 unspecified atom stereocenters. The van der Waals surface area contributed by atoms with Crippen molar-refractivity contribution >= 4 is 44.1 Å². The number of nitrogens with one attached hydrogen (secondary N) is 1. The van der Waals surface area contributed by atoms with Gasteiger partial charge in [0.2, 0.25) is 15.9 Å². The van der Waals surface area contributed by atoms with Gasteiger partial charge in [-0.05, 0) is 65.6 Å². The van der Waals surface area contributed by atoms with E-state index < -0.39 is 10.0 Å². The van der Waals surface area contributed by atoms with E-state index in [9.17, 15) is 13.2 Å². The fourth-order valence-electron chi connectivity index (χ4n) is 5.07. The summed E-state index contributed by atoms with van der Waals surface area (Å²) in [5.41, 5.74) is 3.21. The van der Waals surface area contributed by atoms with Crippen molar-refractivity contribution in [2.24, 2.45) is 0 Å². The van der Waals surface area contributed by atoms with Crippen molar-refractivity contribution in [3.8, 4) is 11.5 Å². The van der Waals surface area contributed by atoms with Crippen LogP contribution >= 0.6 is 11.6 Å². The van der Waals surface area contributed by atoms with Crippen molar-refractivity contribution in [2.45, 2.75) is 44.3 Å². The number of aromatic nitrogens is 2. The first kappa shape index (κ1) is 32.0. The topological polar surface area (TPSA) is 103 Å². The van der Waals surface area contributed by atoms with Gasteiger partial charge >= 0.3 is 0 Å². The molecule has 0 aliphatic carbocycles. The summed E-state index contributed by atoms with van der Waals surface area (Å²) in [6.07, 6.45) is 2.41. The molecule has 0 aliphatic rings.